The topological polar surface area (TPSA) is 24.9 Å². The van der Waals surface area contributed by atoms with Crippen molar-refractivity contribution in [1.82, 2.24) is 10.3 Å². The van der Waals surface area contributed by atoms with Gasteiger partial charge < -0.3 is 5.32 Å². The molecule has 17 heavy (non-hydrogen) atoms. The summed E-state index contributed by atoms with van der Waals surface area (Å²) in [5, 5.41) is 7.36. The Morgan fingerprint density at radius 2 is 2.18 bits per heavy atom. The summed E-state index contributed by atoms with van der Waals surface area (Å²) in [5.41, 5.74) is 1.79. The van der Waals surface area contributed by atoms with Crippen LogP contribution in [0, 0.1) is 0 Å². The standard InChI is InChI=1S/C12H12Cl2N2S/c1-15-6-5-11-16-10(7-17-11)8-3-2-4-9(13)12(8)14/h2-4,7,15H,5-6H2,1H3. The van der Waals surface area contributed by atoms with E-state index in [1.807, 2.05) is 24.6 Å². The van der Waals surface area contributed by atoms with Gasteiger partial charge in [0.05, 0.1) is 20.7 Å². The van der Waals surface area contributed by atoms with E-state index < -0.39 is 0 Å². The highest BCUT2D eigenvalue weighted by molar-refractivity contribution is 7.10. The number of benzene rings is 1. The van der Waals surface area contributed by atoms with Gasteiger partial charge in [-0.1, -0.05) is 35.3 Å². The van der Waals surface area contributed by atoms with E-state index in [2.05, 4.69) is 10.3 Å². The quantitative estimate of drug-likeness (QED) is 0.923. The van der Waals surface area contributed by atoms with Crippen LogP contribution in [0.3, 0.4) is 0 Å². The molecule has 1 aromatic carbocycles. The summed E-state index contributed by atoms with van der Waals surface area (Å²) in [5.74, 6) is 0. The summed E-state index contributed by atoms with van der Waals surface area (Å²) in [6.07, 6.45) is 0.930. The number of thiazole rings is 1. The van der Waals surface area contributed by atoms with Gasteiger partial charge in [0.15, 0.2) is 0 Å². The van der Waals surface area contributed by atoms with Crippen LogP contribution in [0.1, 0.15) is 5.01 Å². The number of nitrogens with zero attached hydrogens (tertiary/aromatic N) is 1. The van der Waals surface area contributed by atoms with Crippen molar-refractivity contribution in [3.8, 4) is 11.3 Å². The van der Waals surface area contributed by atoms with Crippen LogP contribution in [0.5, 0.6) is 0 Å². The third kappa shape index (κ3) is 2.99. The van der Waals surface area contributed by atoms with E-state index in [0.717, 1.165) is 29.2 Å². The van der Waals surface area contributed by atoms with Crippen LogP contribution < -0.4 is 5.32 Å². The fourth-order valence-electron chi connectivity index (χ4n) is 1.48. The molecular weight excluding hydrogens is 275 g/mol. The second-order valence-electron chi connectivity index (χ2n) is 3.58. The maximum Gasteiger partial charge on any atom is 0.0945 e. The minimum absolute atomic E-state index is 0.564. The van der Waals surface area contributed by atoms with Crippen LogP contribution in [0.4, 0.5) is 0 Å². The largest absolute Gasteiger partial charge is 0.319 e. The average Bonchev–Trinajstić information content (AvgIpc) is 2.78. The Balaban J connectivity index is 2.27. The highest BCUT2D eigenvalue weighted by atomic mass is 35.5. The first-order chi connectivity index (χ1) is 8.22. The van der Waals surface area contributed by atoms with Gasteiger partial charge in [0.25, 0.3) is 0 Å². The maximum absolute atomic E-state index is 6.16. The van der Waals surface area contributed by atoms with E-state index in [9.17, 15) is 0 Å². The van der Waals surface area contributed by atoms with Crippen molar-refractivity contribution in [1.29, 1.82) is 0 Å². The minimum Gasteiger partial charge on any atom is -0.319 e. The fourth-order valence-corrected chi connectivity index (χ4v) is 2.68. The third-order valence-electron chi connectivity index (χ3n) is 2.37. The first kappa shape index (κ1) is 12.8. The van der Waals surface area contributed by atoms with E-state index in [4.69, 9.17) is 23.2 Å². The monoisotopic (exact) mass is 286 g/mol. The first-order valence-electron chi connectivity index (χ1n) is 5.25. The number of nitrogens with one attached hydrogen (secondary N) is 1. The van der Waals surface area contributed by atoms with Gasteiger partial charge in [-0.3, -0.25) is 0 Å². The Kier molecular flexibility index (Phi) is 4.40. The molecule has 0 radical (unpaired) electrons. The van der Waals surface area contributed by atoms with Crippen LogP contribution in [0.25, 0.3) is 11.3 Å². The third-order valence-corrected chi connectivity index (χ3v) is 4.10. The molecular formula is C12H12Cl2N2S. The Morgan fingerprint density at radius 1 is 1.35 bits per heavy atom. The number of aromatic nitrogens is 1. The SMILES string of the molecule is CNCCc1nc(-c2cccc(Cl)c2Cl)cs1. The zero-order valence-corrected chi connectivity index (χ0v) is 11.7. The molecule has 0 aliphatic heterocycles. The highest BCUT2D eigenvalue weighted by Gasteiger charge is 2.10. The number of hydrogen-bond donors (Lipinski definition) is 1. The molecule has 0 saturated heterocycles. The van der Waals surface area contributed by atoms with Gasteiger partial charge in [-0.25, -0.2) is 4.98 Å². The molecule has 0 fully saturated rings. The van der Waals surface area contributed by atoms with E-state index >= 15 is 0 Å². The molecule has 0 atom stereocenters. The van der Waals surface area contributed by atoms with Gasteiger partial charge in [0, 0.05) is 23.9 Å². The van der Waals surface area contributed by atoms with Crippen LogP contribution in [-0.4, -0.2) is 18.6 Å². The number of hydrogen-bond acceptors (Lipinski definition) is 3. The molecule has 5 heteroatoms. The van der Waals surface area contributed by atoms with Crippen molar-refractivity contribution >= 4 is 34.5 Å². The molecule has 0 bridgehead atoms. The molecule has 0 aliphatic rings. The zero-order chi connectivity index (χ0) is 12.3. The Morgan fingerprint density at radius 3 is 2.94 bits per heavy atom. The van der Waals surface area contributed by atoms with Gasteiger partial charge in [-0.2, -0.15) is 0 Å². The van der Waals surface area contributed by atoms with E-state index in [-0.39, 0.29) is 0 Å². The van der Waals surface area contributed by atoms with Crippen LogP contribution in [-0.2, 0) is 6.42 Å². The van der Waals surface area contributed by atoms with Crippen molar-refractivity contribution < 1.29 is 0 Å². The van der Waals surface area contributed by atoms with Gasteiger partial charge in [0.2, 0.25) is 0 Å². The molecule has 2 rings (SSSR count). The molecule has 0 unspecified atom stereocenters. The first-order valence-corrected chi connectivity index (χ1v) is 6.89. The highest BCUT2D eigenvalue weighted by Crippen LogP contribution is 2.33. The summed E-state index contributed by atoms with van der Waals surface area (Å²) < 4.78 is 0. The maximum atomic E-state index is 6.16. The molecule has 90 valence electrons. The molecule has 1 aromatic heterocycles. The van der Waals surface area contributed by atoms with E-state index in [1.54, 1.807) is 17.4 Å². The van der Waals surface area contributed by atoms with Gasteiger partial charge in [0.1, 0.15) is 0 Å². The predicted molar refractivity (Wildman–Crippen MR) is 75.2 cm³/mol. The normalized spacial score (nSPS) is 10.8. The lowest BCUT2D eigenvalue weighted by Crippen LogP contribution is -2.09. The molecule has 0 aliphatic carbocycles. The summed E-state index contributed by atoms with van der Waals surface area (Å²) in [6, 6.07) is 5.60. The minimum atomic E-state index is 0.564. The molecule has 1 N–H and O–H groups in total. The zero-order valence-electron chi connectivity index (χ0n) is 9.34. The number of rotatable bonds is 4. The second kappa shape index (κ2) is 5.83. The lowest BCUT2D eigenvalue weighted by atomic mass is 10.2. The number of halogens is 2. The molecule has 1 heterocycles. The summed E-state index contributed by atoms with van der Waals surface area (Å²) >= 11 is 13.8. The lowest BCUT2D eigenvalue weighted by molar-refractivity contribution is 0.788. The van der Waals surface area contributed by atoms with E-state index in [0.29, 0.717) is 10.0 Å². The fraction of sp³-hybridized carbons (Fsp3) is 0.250. The Bertz CT molecular complexity index is 511. The van der Waals surface area contributed by atoms with Gasteiger partial charge >= 0.3 is 0 Å². The van der Waals surface area contributed by atoms with Gasteiger partial charge in [-0.15, -0.1) is 11.3 Å². The summed E-state index contributed by atoms with van der Waals surface area (Å²) in [4.78, 5) is 4.56. The molecule has 2 nitrogen and oxygen atoms in total. The molecule has 0 amide bonds. The van der Waals surface area contributed by atoms with Crippen LogP contribution >= 0.6 is 34.5 Å². The Labute approximate surface area is 115 Å². The molecule has 0 spiro atoms. The summed E-state index contributed by atoms with van der Waals surface area (Å²) in [6.45, 7) is 0.927. The van der Waals surface area contributed by atoms with Crippen molar-refractivity contribution in [3.05, 3.63) is 38.6 Å². The Hall–Kier alpha value is -0.610. The summed E-state index contributed by atoms with van der Waals surface area (Å²) in [7, 11) is 1.93. The van der Waals surface area contributed by atoms with Crippen LogP contribution in [0.15, 0.2) is 23.6 Å². The number of likely N-dealkylation sites (N-methyl/N-ethyl adjacent to an activating group) is 1. The van der Waals surface area contributed by atoms with Crippen molar-refractivity contribution in [2.45, 2.75) is 6.42 Å². The van der Waals surface area contributed by atoms with Crippen LogP contribution in [0.2, 0.25) is 10.0 Å². The van der Waals surface area contributed by atoms with Crippen molar-refractivity contribution in [3.63, 3.8) is 0 Å². The van der Waals surface area contributed by atoms with Crippen molar-refractivity contribution in [2.75, 3.05) is 13.6 Å². The smallest absolute Gasteiger partial charge is 0.0945 e. The predicted octanol–water partition coefficient (Wildman–Crippen LogP) is 3.88. The van der Waals surface area contributed by atoms with Gasteiger partial charge in [-0.05, 0) is 13.1 Å². The lowest BCUT2D eigenvalue weighted by Gasteiger charge is -2.01. The second-order valence-corrected chi connectivity index (χ2v) is 5.31. The van der Waals surface area contributed by atoms with Crippen molar-refractivity contribution in [2.24, 2.45) is 0 Å². The molecule has 2 aromatic rings. The average molecular weight is 287 g/mol. The molecule has 0 saturated carbocycles. The van der Waals surface area contributed by atoms with E-state index in [1.165, 1.54) is 0 Å².